The van der Waals surface area contributed by atoms with Crippen molar-refractivity contribution >= 4 is 11.8 Å². The summed E-state index contributed by atoms with van der Waals surface area (Å²) in [5, 5.41) is 0. The number of rotatable bonds is 7. The van der Waals surface area contributed by atoms with Crippen molar-refractivity contribution in [3.8, 4) is 0 Å². The van der Waals surface area contributed by atoms with Gasteiger partial charge < -0.3 is 0 Å². The van der Waals surface area contributed by atoms with Gasteiger partial charge in [-0.25, -0.2) is 0 Å². The molecule has 0 bridgehead atoms. The zero-order chi connectivity index (χ0) is 18.0. The third-order valence-electron chi connectivity index (χ3n) is 5.48. The van der Waals surface area contributed by atoms with Gasteiger partial charge in [-0.15, -0.1) is 0 Å². The van der Waals surface area contributed by atoms with Crippen molar-refractivity contribution in [1.29, 1.82) is 0 Å². The Balaban J connectivity index is 2.09. The summed E-state index contributed by atoms with van der Waals surface area (Å²) in [6.07, 6.45) is 10.3. The molecule has 0 radical (unpaired) electrons. The van der Waals surface area contributed by atoms with E-state index < -0.39 is 0 Å². The third kappa shape index (κ3) is 3.29. The maximum absolute atomic E-state index is 12.3. The first-order valence-electron chi connectivity index (χ1n) is 9.81. The van der Waals surface area contributed by atoms with E-state index in [1.54, 1.807) is 0 Å². The zero-order valence-corrected chi connectivity index (χ0v) is 15.7. The van der Waals surface area contributed by atoms with Crippen LogP contribution in [0.25, 0.3) is 0 Å². The van der Waals surface area contributed by atoms with Gasteiger partial charge in [0.1, 0.15) is 0 Å². The van der Waals surface area contributed by atoms with Gasteiger partial charge in [0.15, 0.2) is 0 Å². The molecule has 1 heterocycles. The lowest BCUT2D eigenvalue weighted by atomic mass is 9.88. The molecule has 2 aliphatic rings. The normalized spacial score (nSPS) is 22.1. The number of carbonyl (C=O) groups is 2. The van der Waals surface area contributed by atoms with Crippen molar-refractivity contribution in [1.82, 2.24) is 4.90 Å². The fourth-order valence-corrected chi connectivity index (χ4v) is 4.58. The molecule has 0 saturated heterocycles. The Bertz CT molecular complexity index is 686. The van der Waals surface area contributed by atoms with Crippen LogP contribution in [0.4, 0.5) is 0 Å². The number of carbonyl (C=O) groups excluding carboxylic acids is 2. The topological polar surface area (TPSA) is 37.4 Å². The van der Waals surface area contributed by atoms with E-state index in [4.69, 9.17) is 0 Å². The van der Waals surface area contributed by atoms with E-state index in [0.29, 0.717) is 5.92 Å². The van der Waals surface area contributed by atoms with Gasteiger partial charge in [0, 0.05) is 12.2 Å². The van der Waals surface area contributed by atoms with Gasteiger partial charge in [-0.05, 0) is 53.9 Å². The first-order valence-corrected chi connectivity index (χ1v) is 9.81. The van der Waals surface area contributed by atoms with E-state index in [2.05, 4.69) is 32.9 Å². The second-order valence-electron chi connectivity index (χ2n) is 7.37. The number of amides is 2. The monoisotopic (exact) mass is 339 g/mol. The average molecular weight is 339 g/mol. The molecule has 25 heavy (non-hydrogen) atoms. The molecule has 2 amide bonds. The summed E-state index contributed by atoms with van der Waals surface area (Å²) in [4.78, 5) is 26.1. The predicted octanol–water partition coefficient (Wildman–Crippen LogP) is 4.85. The Morgan fingerprint density at radius 1 is 0.960 bits per heavy atom. The smallest absolute Gasteiger partial charge is 0.254 e. The molecule has 0 aromatic heterocycles. The summed E-state index contributed by atoms with van der Waals surface area (Å²) in [5.41, 5.74) is 5.45. The standard InChI is InChI=1S/C22H29NO2/c1-4-7-15-12-16(8-5-2)22-17(9-6-3)14-19(18(22)13-15)23-20(24)10-11-21(23)25/h10-13,17,19H,4-9,14H2,1-3H3/t17-,19-/m0/s1. The Hall–Kier alpha value is -1.90. The Labute approximate surface area is 151 Å². The predicted molar refractivity (Wildman–Crippen MR) is 100 cm³/mol. The Morgan fingerprint density at radius 3 is 2.24 bits per heavy atom. The van der Waals surface area contributed by atoms with Crippen LogP contribution in [0, 0.1) is 0 Å². The highest BCUT2D eigenvalue weighted by atomic mass is 16.2. The first-order chi connectivity index (χ1) is 12.1. The SMILES string of the molecule is CCCc1cc(CCC)c2c(c1)[C@@H](N1C(=O)C=CC1=O)C[C@@H]2CCC. The summed E-state index contributed by atoms with van der Waals surface area (Å²) in [6, 6.07) is 4.56. The van der Waals surface area contributed by atoms with Crippen LogP contribution in [0.15, 0.2) is 24.3 Å². The van der Waals surface area contributed by atoms with Gasteiger partial charge >= 0.3 is 0 Å². The van der Waals surface area contributed by atoms with Gasteiger partial charge in [0.25, 0.3) is 11.8 Å². The maximum atomic E-state index is 12.3. The van der Waals surface area contributed by atoms with Crippen LogP contribution in [0.1, 0.15) is 87.1 Å². The van der Waals surface area contributed by atoms with Gasteiger partial charge in [-0.3, -0.25) is 14.5 Å². The number of hydrogen-bond acceptors (Lipinski definition) is 2. The quantitative estimate of drug-likeness (QED) is 0.666. The lowest BCUT2D eigenvalue weighted by Gasteiger charge is -2.24. The molecule has 1 aromatic rings. The highest BCUT2D eigenvalue weighted by molar-refractivity contribution is 6.13. The molecule has 1 aromatic carbocycles. The molecule has 3 rings (SSSR count). The average Bonchev–Trinajstić information content (AvgIpc) is 3.09. The number of aryl methyl sites for hydroxylation is 2. The molecule has 1 aliphatic carbocycles. The van der Waals surface area contributed by atoms with Crippen molar-refractivity contribution < 1.29 is 9.59 Å². The van der Waals surface area contributed by atoms with Crippen LogP contribution in [-0.4, -0.2) is 16.7 Å². The van der Waals surface area contributed by atoms with E-state index in [1.165, 1.54) is 39.3 Å². The Kier molecular flexibility index (Phi) is 5.41. The van der Waals surface area contributed by atoms with Crippen molar-refractivity contribution in [2.45, 2.75) is 77.7 Å². The molecule has 3 nitrogen and oxygen atoms in total. The van der Waals surface area contributed by atoms with E-state index in [9.17, 15) is 9.59 Å². The maximum Gasteiger partial charge on any atom is 0.254 e. The molecule has 3 heteroatoms. The molecule has 134 valence electrons. The molecule has 0 saturated carbocycles. The number of imide groups is 1. The van der Waals surface area contributed by atoms with Crippen LogP contribution in [-0.2, 0) is 22.4 Å². The fourth-order valence-electron chi connectivity index (χ4n) is 4.58. The molecule has 0 fully saturated rings. The molecule has 2 atom stereocenters. The highest BCUT2D eigenvalue weighted by Gasteiger charge is 2.41. The van der Waals surface area contributed by atoms with Crippen LogP contribution in [0.3, 0.4) is 0 Å². The second-order valence-corrected chi connectivity index (χ2v) is 7.37. The van der Waals surface area contributed by atoms with Crippen molar-refractivity contribution in [3.05, 3.63) is 46.5 Å². The third-order valence-corrected chi connectivity index (χ3v) is 5.48. The first kappa shape index (κ1) is 17.9. The molecule has 0 unspecified atom stereocenters. The minimum atomic E-state index is -0.156. The number of benzene rings is 1. The van der Waals surface area contributed by atoms with E-state index in [-0.39, 0.29) is 17.9 Å². The largest absolute Gasteiger partial charge is 0.269 e. The van der Waals surface area contributed by atoms with Gasteiger partial charge in [0.2, 0.25) is 0 Å². The summed E-state index contributed by atoms with van der Waals surface area (Å²) in [5.74, 6) is 0.149. The highest BCUT2D eigenvalue weighted by Crippen LogP contribution is 2.48. The fraction of sp³-hybridized carbons (Fsp3) is 0.545. The number of nitrogens with zero attached hydrogens (tertiary/aromatic N) is 1. The minimum absolute atomic E-state index is 0.0889. The van der Waals surface area contributed by atoms with Crippen molar-refractivity contribution in [2.75, 3.05) is 0 Å². The lowest BCUT2D eigenvalue weighted by Crippen LogP contribution is -2.33. The van der Waals surface area contributed by atoms with E-state index in [0.717, 1.165) is 44.9 Å². The van der Waals surface area contributed by atoms with Crippen LogP contribution in [0.5, 0.6) is 0 Å². The van der Waals surface area contributed by atoms with Gasteiger partial charge in [-0.1, -0.05) is 52.2 Å². The number of fused-ring (bicyclic) bond motifs is 1. The van der Waals surface area contributed by atoms with Crippen molar-refractivity contribution in [2.24, 2.45) is 0 Å². The minimum Gasteiger partial charge on any atom is -0.269 e. The van der Waals surface area contributed by atoms with Gasteiger partial charge in [0.05, 0.1) is 6.04 Å². The summed E-state index contributed by atoms with van der Waals surface area (Å²) < 4.78 is 0. The molecule has 1 aliphatic heterocycles. The van der Waals surface area contributed by atoms with Crippen molar-refractivity contribution in [3.63, 3.8) is 0 Å². The molecular formula is C22H29NO2. The summed E-state index contributed by atoms with van der Waals surface area (Å²) in [7, 11) is 0. The van der Waals surface area contributed by atoms with E-state index in [1.807, 2.05) is 0 Å². The molecule has 0 spiro atoms. The lowest BCUT2D eigenvalue weighted by molar-refractivity contribution is -0.139. The van der Waals surface area contributed by atoms with Crippen LogP contribution >= 0.6 is 0 Å². The number of hydrogen-bond donors (Lipinski definition) is 0. The second kappa shape index (κ2) is 7.55. The Morgan fingerprint density at radius 2 is 1.64 bits per heavy atom. The molecular weight excluding hydrogens is 310 g/mol. The summed E-state index contributed by atoms with van der Waals surface area (Å²) >= 11 is 0. The van der Waals surface area contributed by atoms with E-state index >= 15 is 0 Å². The molecule has 0 N–H and O–H groups in total. The van der Waals surface area contributed by atoms with Crippen LogP contribution in [0.2, 0.25) is 0 Å². The van der Waals surface area contributed by atoms with Gasteiger partial charge in [-0.2, -0.15) is 0 Å². The summed E-state index contributed by atoms with van der Waals surface area (Å²) in [6.45, 7) is 6.63. The van der Waals surface area contributed by atoms with Crippen LogP contribution < -0.4 is 0 Å². The zero-order valence-electron chi connectivity index (χ0n) is 15.7.